The van der Waals surface area contributed by atoms with Gasteiger partial charge < -0.3 is 5.73 Å². The van der Waals surface area contributed by atoms with Crippen LogP contribution in [0, 0.1) is 0 Å². The number of rotatable bonds is 6. The van der Waals surface area contributed by atoms with Crippen LogP contribution in [0.3, 0.4) is 0 Å². The number of nitrogen functional groups attached to an aromatic ring is 1. The van der Waals surface area contributed by atoms with E-state index in [4.69, 9.17) is 5.73 Å². The Kier molecular flexibility index (Phi) is 5.44. The Labute approximate surface area is 123 Å². The van der Waals surface area contributed by atoms with Crippen LogP contribution >= 0.6 is 23.5 Å². The second-order valence-electron chi connectivity index (χ2n) is 4.42. The van der Waals surface area contributed by atoms with E-state index >= 15 is 0 Å². The zero-order chi connectivity index (χ0) is 13.7. The van der Waals surface area contributed by atoms with Gasteiger partial charge in [-0.05, 0) is 30.4 Å². The molecule has 0 saturated carbocycles. The van der Waals surface area contributed by atoms with Gasteiger partial charge >= 0.3 is 0 Å². The number of benzene rings is 1. The molecule has 0 radical (unpaired) electrons. The maximum Gasteiger partial charge on any atom is 0.212 e. The molecule has 1 aromatic carbocycles. The molecule has 1 aliphatic heterocycles. The van der Waals surface area contributed by atoms with Crippen molar-refractivity contribution in [2.24, 2.45) is 0 Å². The summed E-state index contributed by atoms with van der Waals surface area (Å²) in [5.41, 5.74) is 6.38. The van der Waals surface area contributed by atoms with Crippen LogP contribution < -0.4 is 10.5 Å². The highest BCUT2D eigenvalue weighted by Crippen LogP contribution is 2.21. The molecule has 4 nitrogen and oxygen atoms in total. The molecule has 1 heterocycles. The van der Waals surface area contributed by atoms with Crippen molar-refractivity contribution < 1.29 is 8.42 Å². The van der Waals surface area contributed by atoms with Crippen molar-refractivity contribution in [3.05, 3.63) is 24.3 Å². The van der Waals surface area contributed by atoms with Crippen LogP contribution in [0.2, 0.25) is 0 Å². The third-order valence-corrected chi connectivity index (χ3v) is 6.61. The van der Waals surface area contributed by atoms with E-state index in [1.165, 1.54) is 11.8 Å². The number of sulfonamides is 1. The van der Waals surface area contributed by atoms with Crippen molar-refractivity contribution in [3.63, 3.8) is 0 Å². The van der Waals surface area contributed by atoms with Crippen molar-refractivity contribution in [2.75, 3.05) is 28.7 Å². The highest BCUT2D eigenvalue weighted by Gasteiger charge is 2.21. The molecule has 2 rings (SSSR count). The van der Waals surface area contributed by atoms with Crippen LogP contribution in [-0.4, -0.2) is 37.5 Å². The minimum Gasteiger partial charge on any atom is -0.399 e. The van der Waals surface area contributed by atoms with Gasteiger partial charge in [0.25, 0.3) is 0 Å². The molecule has 0 spiro atoms. The first-order valence-corrected chi connectivity index (χ1v) is 9.90. The molecule has 1 aromatic rings. The van der Waals surface area contributed by atoms with E-state index in [0.717, 1.165) is 22.8 Å². The molecule has 7 heteroatoms. The van der Waals surface area contributed by atoms with Gasteiger partial charge in [-0.15, -0.1) is 11.8 Å². The lowest BCUT2D eigenvalue weighted by Crippen LogP contribution is -2.36. The standard InChI is InChI=1S/C12H18N2O2S3/c13-10-2-1-3-12(8-10)18-6-7-19(15,16)14-11-4-5-17-9-11/h1-3,8,11,14H,4-7,9,13H2. The Balaban J connectivity index is 1.78. The van der Waals surface area contributed by atoms with Gasteiger partial charge in [-0.3, -0.25) is 0 Å². The Morgan fingerprint density at radius 3 is 3.00 bits per heavy atom. The van der Waals surface area contributed by atoms with Gasteiger partial charge in [-0.2, -0.15) is 11.8 Å². The van der Waals surface area contributed by atoms with Crippen molar-refractivity contribution in [1.82, 2.24) is 4.72 Å². The number of thioether (sulfide) groups is 2. The Bertz CT molecular complexity index is 513. The topological polar surface area (TPSA) is 72.2 Å². The fourth-order valence-corrected chi connectivity index (χ4v) is 5.74. The smallest absolute Gasteiger partial charge is 0.212 e. The molecule has 3 N–H and O–H groups in total. The van der Waals surface area contributed by atoms with E-state index in [9.17, 15) is 8.42 Å². The molecule has 1 saturated heterocycles. The summed E-state index contributed by atoms with van der Waals surface area (Å²) in [4.78, 5) is 1.01. The molecule has 0 amide bonds. The SMILES string of the molecule is Nc1cccc(SCCS(=O)(=O)NC2CCSC2)c1. The molecule has 1 atom stereocenters. The van der Waals surface area contributed by atoms with Crippen molar-refractivity contribution in [3.8, 4) is 0 Å². The van der Waals surface area contributed by atoms with Crippen molar-refractivity contribution >= 4 is 39.2 Å². The van der Waals surface area contributed by atoms with Crippen LogP contribution in [-0.2, 0) is 10.0 Å². The van der Waals surface area contributed by atoms with Crippen LogP contribution in [0.25, 0.3) is 0 Å². The maximum atomic E-state index is 11.9. The highest BCUT2D eigenvalue weighted by atomic mass is 32.2. The van der Waals surface area contributed by atoms with Crippen LogP contribution in [0.1, 0.15) is 6.42 Å². The molecular formula is C12H18N2O2S3. The third-order valence-electron chi connectivity index (χ3n) is 2.75. The first-order chi connectivity index (χ1) is 9.05. The molecule has 0 bridgehead atoms. The number of hydrogen-bond acceptors (Lipinski definition) is 5. The fourth-order valence-electron chi connectivity index (χ4n) is 1.81. The maximum absolute atomic E-state index is 11.9. The van der Waals surface area contributed by atoms with Crippen LogP contribution in [0.5, 0.6) is 0 Å². The zero-order valence-corrected chi connectivity index (χ0v) is 13.0. The number of nitrogens with two attached hydrogens (primary N) is 1. The van der Waals surface area contributed by atoms with Crippen LogP contribution in [0.15, 0.2) is 29.2 Å². The second kappa shape index (κ2) is 6.88. The molecular weight excluding hydrogens is 300 g/mol. The van der Waals surface area contributed by atoms with E-state index in [1.807, 2.05) is 24.3 Å². The molecule has 0 aliphatic carbocycles. The summed E-state index contributed by atoms with van der Waals surface area (Å²) in [6.07, 6.45) is 0.937. The fraction of sp³-hybridized carbons (Fsp3) is 0.500. The second-order valence-corrected chi connectivity index (χ2v) is 8.61. The average molecular weight is 318 g/mol. The Morgan fingerprint density at radius 2 is 2.32 bits per heavy atom. The first kappa shape index (κ1) is 15.0. The Hall–Kier alpha value is -0.370. The minimum absolute atomic E-state index is 0.118. The summed E-state index contributed by atoms with van der Waals surface area (Å²) in [6.45, 7) is 0. The van der Waals surface area contributed by atoms with E-state index in [2.05, 4.69) is 4.72 Å². The van der Waals surface area contributed by atoms with Crippen molar-refractivity contribution in [1.29, 1.82) is 0 Å². The predicted octanol–water partition coefficient (Wildman–Crippen LogP) is 1.79. The zero-order valence-electron chi connectivity index (χ0n) is 10.5. The number of anilines is 1. The van der Waals surface area contributed by atoms with Gasteiger partial charge in [-0.1, -0.05) is 6.07 Å². The monoisotopic (exact) mass is 318 g/mol. The molecule has 1 aliphatic rings. The summed E-state index contributed by atoms with van der Waals surface area (Å²) in [5.74, 6) is 2.62. The average Bonchev–Trinajstić information content (AvgIpc) is 2.80. The lowest BCUT2D eigenvalue weighted by atomic mass is 10.3. The Morgan fingerprint density at radius 1 is 1.47 bits per heavy atom. The van der Waals surface area contributed by atoms with Gasteiger partial charge in [0.05, 0.1) is 5.75 Å². The number of nitrogens with one attached hydrogen (secondary N) is 1. The molecule has 106 valence electrons. The largest absolute Gasteiger partial charge is 0.399 e. The van der Waals surface area contributed by atoms with Gasteiger partial charge in [0.15, 0.2) is 0 Å². The summed E-state index contributed by atoms with van der Waals surface area (Å²) in [7, 11) is -3.16. The molecule has 1 fully saturated rings. The predicted molar refractivity (Wildman–Crippen MR) is 84.2 cm³/mol. The summed E-state index contributed by atoms with van der Waals surface area (Å²) >= 11 is 3.31. The highest BCUT2D eigenvalue weighted by molar-refractivity contribution is 8.00. The lowest BCUT2D eigenvalue weighted by molar-refractivity contribution is 0.564. The van der Waals surface area contributed by atoms with Gasteiger partial charge in [-0.25, -0.2) is 13.1 Å². The van der Waals surface area contributed by atoms with Gasteiger partial charge in [0.2, 0.25) is 10.0 Å². The minimum atomic E-state index is -3.16. The van der Waals surface area contributed by atoms with E-state index in [-0.39, 0.29) is 11.8 Å². The summed E-state index contributed by atoms with van der Waals surface area (Å²) in [5, 5.41) is 0. The summed E-state index contributed by atoms with van der Waals surface area (Å²) < 4.78 is 26.5. The number of hydrogen-bond donors (Lipinski definition) is 2. The van der Waals surface area contributed by atoms with Gasteiger partial charge in [0.1, 0.15) is 0 Å². The quantitative estimate of drug-likeness (QED) is 0.618. The molecule has 1 unspecified atom stereocenters. The third kappa shape index (κ3) is 5.25. The lowest BCUT2D eigenvalue weighted by Gasteiger charge is -2.11. The first-order valence-electron chi connectivity index (χ1n) is 6.11. The molecule has 19 heavy (non-hydrogen) atoms. The van der Waals surface area contributed by atoms with E-state index < -0.39 is 10.0 Å². The van der Waals surface area contributed by atoms with E-state index in [1.54, 1.807) is 11.8 Å². The summed E-state index contributed by atoms with van der Waals surface area (Å²) in [6, 6.07) is 7.61. The normalized spacial score (nSPS) is 19.7. The molecule has 0 aromatic heterocycles. The van der Waals surface area contributed by atoms with Crippen molar-refractivity contribution in [2.45, 2.75) is 17.4 Å². The van der Waals surface area contributed by atoms with Crippen LogP contribution in [0.4, 0.5) is 5.69 Å². The van der Waals surface area contributed by atoms with E-state index in [0.29, 0.717) is 11.4 Å². The van der Waals surface area contributed by atoms with Gasteiger partial charge in [0, 0.05) is 28.1 Å².